The molecule has 8 heteroatoms. The van der Waals surface area contributed by atoms with Gasteiger partial charge in [-0.15, -0.1) is 0 Å². The van der Waals surface area contributed by atoms with E-state index in [0.29, 0.717) is 31.2 Å². The van der Waals surface area contributed by atoms with Crippen LogP contribution in [0.15, 0.2) is 24.3 Å². The second kappa shape index (κ2) is 9.50. The summed E-state index contributed by atoms with van der Waals surface area (Å²) >= 11 is 0. The lowest BCUT2D eigenvalue weighted by molar-refractivity contribution is -0.133. The number of benzene rings is 1. The van der Waals surface area contributed by atoms with E-state index in [-0.39, 0.29) is 18.6 Å². The standard InChI is InChI=1S/C16H21N3O5/c17-11-16(15(22)19-24,12-6-8-13(20)9-7-12)10-4-2-1-3-5-14(21)18-23/h6-9,20,23-24H,1-5,10H2,(H,18,21)(H,19,22). The van der Waals surface area contributed by atoms with E-state index in [0.717, 1.165) is 0 Å². The van der Waals surface area contributed by atoms with Gasteiger partial charge in [-0.05, 0) is 30.5 Å². The van der Waals surface area contributed by atoms with E-state index >= 15 is 0 Å². The van der Waals surface area contributed by atoms with Gasteiger partial charge in [0.1, 0.15) is 5.75 Å². The molecule has 0 bridgehead atoms. The number of nitriles is 1. The number of nitrogens with zero attached hydrogens (tertiary/aromatic N) is 1. The molecule has 1 aromatic rings. The maximum atomic E-state index is 12.1. The number of hydrogen-bond donors (Lipinski definition) is 5. The number of aromatic hydroxyl groups is 1. The molecule has 0 saturated heterocycles. The minimum atomic E-state index is -1.55. The molecule has 0 aliphatic rings. The number of nitrogens with one attached hydrogen (secondary N) is 2. The van der Waals surface area contributed by atoms with Crippen LogP contribution in [0.3, 0.4) is 0 Å². The number of phenols is 1. The van der Waals surface area contributed by atoms with E-state index in [9.17, 15) is 20.0 Å². The molecule has 5 N–H and O–H groups in total. The van der Waals surface area contributed by atoms with Crippen molar-refractivity contribution in [2.45, 2.75) is 43.9 Å². The van der Waals surface area contributed by atoms with Crippen molar-refractivity contribution >= 4 is 11.8 Å². The fraction of sp³-hybridized carbons (Fsp3) is 0.438. The van der Waals surface area contributed by atoms with Crippen LogP contribution in [0, 0.1) is 11.3 Å². The number of hydrogen-bond acceptors (Lipinski definition) is 6. The Labute approximate surface area is 139 Å². The maximum Gasteiger partial charge on any atom is 0.268 e. The van der Waals surface area contributed by atoms with Gasteiger partial charge >= 0.3 is 0 Å². The zero-order valence-electron chi connectivity index (χ0n) is 13.2. The number of rotatable bonds is 9. The molecule has 24 heavy (non-hydrogen) atoms. The van der Waals surface area contributed by atoms with Crippen LogP contribution >= 0.6 is 0 Å². The molecule has 0 aliphatic heterocycles. The first-order valence-corrected chi connectivity index (χ1v) is 7.58. The Balaban J connectivity index is 2.71. The molecule has 0 aromatic heterocycles. The molecule has 0 aliphatic carbocycles. The fourth-order valence-corrected chi connectivity index (χ4v) is 2.49. The predicted molar refractivity (Wildman–Crippen MR) is 83.0 cm³/mol. The molecular formula is C16H21N3O5. The zero-order chi connectivity index (χ0) is 18.0. The van der Waals surface area contributed by atoms with Crippen molar-refractivity contribution in [3.63, 3.8) is 0 Å². The van der Waals surface area contributed by atoms with Crippen molar-refractivity contribution in [3.05, 3.63) is 29.8 Å². The molecule has 0 heterocycles. The monoisotopic (exact) mass is 335 g/mol. The smallest absolute Gasteiger partial charge is 0.268 e. The average molecular weight is 335 g/mol. The first-order chi connectivity index (χ1) is 11.5. The summed E-state index contributed by atoms with van der Waals surface area (Å²) in [6, 6.07) is 7.66. The molecule has 1 aromatic carbocycles. The number of carbonyl (C=O) groups excluding carboxylic acids is 2. The summed E-state index contributed by atoms with van der Waals surface area (Å²) < 4.78 is 0. The highest BCUT2D eigenvalue weighted by Crippen LogP contribution is 2.31. The SMILES string of the molecule is N#CC(CCCCCCC(=O)NO)(C(=O)NO)c1ccc(O)cc1. The lowest BCUT2D eigenvalue weighted by Crippen LogP contribution is -2.42. The van der Waals surface area contributed by atoms with Crippen molar-refractivity contribution in [1.82, 2.24) is 11.0 Å². The number of phenolic OH excluding ortho intramolecular Hbond substituents is 1. The summed E-state index contributed by atoms with van der Waals surface area (Å²) in [5.74, 6) is -1.27. The van der Waals surface area contributed by atoms with Gasteiger partial charge in [0.25, 0.3) is 5.91 Å². The predicted octanol–water partition coefficient (Wildman–Crippen LogP) is 1.50. The van der Waals surface area contributed by atoms with Gasteiger partial charge < -0.3 is 5.11 Å². The van der Waals surface area contributed by atoms with E-state index < -0.39 is 17.2 Å². The van der Waals surface area contributed by atoms with Crippen LogP contribution in [0.4, 0.5) is 0 Å². The van der Waals surface area contributed by atoms with Crippen molar-refractivity contribution in [1.29, 1.82) is 5.26 Å². The molecule has 0 radical (unpaired) electrons. The quantitative estimate of drug-likeness (QED) is 0.263. The Morgan fingerprint density at radius 2 is 1.67 bits per heavy atom. The molecule has 0 spiro atoms. The Hall–Kier alpha value is -2.63. The second-order valence-electron chi connectivity index (χ2n) is 5.45. The summed E-state index contributed by atoms with van der Waals surface area (Å²) in [6.07, 6.45) is 2.88. The van der Waals surface area contributed by atoms with Crippen LogP contribution in [-0.2, 0) is 15.0 Å². The van der Waals surface area contributed by atoms with E-state index in [4.69, 9.17) is 10.4 Å². The molecule has 1 rings (SSSR count). The van der Waals surface area contributed by atoms with Crippen LogP contribution in [-0.4, -0.2) is 27.3 Å². The largest absolute Gasteiger partial charge is 0.508 e. The number of unbranched alkanes of at least 4 members (excludes halogenated alkanes) is 3. The van der Waals surface area contributed by atoms with Crippen molar-refractivity contribution in [2.75, 3.05) is 0 Å². The first kappa shape index (κ1) is 19.4. The number of hydroxylamine groups is 2. The highest BCUT2D eigenvalue weighted by molar-refractivity contribution is 5.90. The van der Waals surface area contributed by atoms with Gasteiger partial charge in [-0.3, -0.25) is 20.0 Å². The van der Waals surface area contributed by atoms with E-state index in [1.807, 2.05) is 6.07 Å². The van der Waals surface area contributed by atoms with Crippen LogP contribution in [0.2, 0.25) is 0 Å². The molecule has 2 amide bonds. The molecule has 8 nitrogen and oxygen atoms in total. The third kappa shape index (κ3) is 4.94. The first-order valence-electron chi connectivity index (χ1n) is 7.58. The molecule has 1 unspecified atom stereocenters. The Kier molecular flexibility index (Phi) is 7.68. The minimum absolute atomic E-state index is 0.0113. The average Bonchev–Trinajstić information content (AvgIpc) is 2.61. The lowest BCUT2D eigenvalue weighted by atomic mass is 9.76. The van der Waals surface area contributed by atoms with Crippen LogP contribution in [0.5, 0.6) is 5.75 Å². The zero-order valence-corrected chi connectivity index (χ0v) is 13.2. The Morgan fingerprint density at radius 3 is 2.21 bits per heavy atom. The van der Waals surface area contributed by atoms with Crippen molar-refractivity contribution < 1.29 is 25.1 Å². The molecule has 1 atom stereocenters. The summed E-state index contributed by atoms with van der Waals surface area (Å²) in [4.78, 5) is 23.0. The third-order valence-corrected chi connectivity index (χ3v) is 3.87. The molecular weight excluding hydrogens is 314 g/mol. The van der Waals surface area contributed by atoms with E-state index in [1.165, 1.54) is 29.7 Å². The van der Waals surface area contributed by atoms with Gasteiger partial charge in [-0.1, -0.05) is 31.4 Å². The summed E-state index contributed by atoms with van der Waals surface area (Å²) in [5.41, 5.74) is 1.93. The van der Waals surface area contributed by atoms with Gasteiger partial charge in [0.2, 0.25) is 5.91 Å². The van der Waals surface area contributed by atoms with Crippen LogP contribution in [0.1, 0.15) is 44.1 Å². The summed E-state index contributed by atoms with van der Waals surface area (Å²) in [5, 5.41) is 36.3. The molecule has 0 fully saturated rings. The summed E-state index contributed by atoms with van der Waals surface area (Å²) in [6.45, 7) is 0. The van der Waals surface area contributed by atoms with Crippen LogP contribution in [0.25, 0.3) is 0 Å². The van der Waals surface area contributed by atoms with E-state index in [2.05, 4.69) is 0 Å². The van der Waals surface area contributed by atoms with Crippen LogP contribution < -0.4 is 11.0 Å². The number of carbonyl (C=O) groups is 2. The molecule has 0 saturated carbocycles. The topological polar surface area (TPSA) is 143 Å². The van der Waals surface area contributed by atoms with Gasteiger partial charge in [0.05, 0.1) is 6.07 Å². The second-order valence-corrected chi connectivity index (χ2v) is 5.45. The molecule has 130 valence electrons. The van der Waals surface area contributed by atoms with Gasteiger partial charge in [-0.2, -0.15) is 5.26 Å². The normalized spacial score (nSPS) is 12.7. The maximum absolute atomic E-state index is 12.1. The van der Waals surface area contributed by atoms with Gasteiger partial charge in [-0.25, -0.2) is 11.0 Å². The Bertz CT molecular complexity index is 597. The highest BCUT2D eigenvalue weighted by Gasteiger charge is 2.40. The summed E-state index contributed by atoms with van der Waals surface area (Å²) in [7, 11) is 0. The fourth-order valence-electron chi connectivity index (χ4n) is 2.49. The van der Waals surface area contributed by atoms with E-state index in [1.54, 1.807) is 5.48 Å². The van der Waals surface area contributed by atoms with Crippen molar-refractivity contribution in [3.8, 4) is 11.8 Å². The number of amides is 2. The van der Waals surface area contributed by atoms with Crippen molar-refractivity contribution in [2.24, 2.45) is 0 Å². The van der Waals surface area contributed by atoms with Gasteiger partial charge in [0, 0.05) is 6.42 Å². The Morgan fingerprint density at radius 1 is 1.04 bits per heavy atom. The van der Waals surface area contributed by atoms with Gasteiger partial charge in [0.15, 0.2) is 5.41 Å². The lowest BCUT2D eigenvalue weighted by Gasteiger charge is -2.24. The highest BCUT2D eigenvalue weighted by atomic mass is 16.5. The minimum Gasteiger partial charge on any atom is -0.508 e. The third-order valence-electron chi connectivity index (χ3n) is 3.87.